The van der Waals surface area contributed by atoms with E-state index in [0.717, 1.165) is 17.0 Å². The second-order valence-electron chi connectivity index (χ2n) is 5.33. The summed E-state index contributed by atoms with van der Waals surface area (Å²) < 4.78 is 0. The van der Waals surface area contributed by atoms with Crippen molar-refractivity contribution in [2.45, 2.75) is 38.8 Å². The molecule has 1 aromatic heterocycles. The van der Waals surface area contributed by atoms with Crippen LogP contribution in [-0.2, 0) is 6.42 Å². The van der Waals surface area contributed by atoms with E-state index in [1.54, 1.807) is 11.3 Å². The minimum atomic E-state index is -0.256. The SMILES string of the molecule is CCc1cnc(C(C)NC(=O)N[C@H](CCO)c2ccccc2)s1. The summed E-state index contributed by atoms with van der Waals surface area (Å²) in [6, 6.07) is 9.04. The first-order valence-electron chi connectivity index (χ1n) is 7.81. The van der Waals surface area contributed by atoms with Crippen LogP contribution in [-0.4, -0.2) is 22.7 Å². The number of aliphatic hydroxyl groups is 1. The van der Waals surface area contributed by atoms with Gasteiger partial charge in [0.2, 0.25) is 0 Å². The molecule has 0 aliphatic rings. The molecule has 0 aliphatic carbocycles. The molecule has 0 saturated carbocycles. The number of nitrogens with one attached hydrogen (secondary N) is 2. The summed E-state index contributed by atoms with van der Waals surface area (Å²) in [5.74, 6) is 0. The van der Waals surface area contributed by atoms with Crippen molar-refractivity contribution in [2.24, 2.45) is 0 Å². The normalized spacial score (nSPS) is 13.3. The molecule has 0 bridgehead atoms. The van der Waals surface area contributed by atoms with Gasteiger partial charge in [-0.15, -0.1) is 11.3 Å². The van der Waals surface area contributed by atoms with Crippen LogP contribution in [0, 0.1) is 0 Å². The zero-order valence-electron chi connectivity index (χ0n) is 13.5. The maximum absolute atomic E-state index is 12.2. The Morgan fingerprint density at radius 2 is 2.04 bits per heavy atom. The predicted molar refractivity (Wildman–Crippen MR) is 92.5 cm³/mol. The Bertz CT molecular complexity index is 615. The van der Waals surface area contributed by atoms with Crippen LogP contribution in [0.3, 0.4) is 0 Å². The molecule has 2 atom stereocenters. The number of aromatic nitrogens is 1. The van der Waals surface area contributed by atoms with Crippen molar-refractivity contribution in [1.82, 2.24) is 15.6 Å². The van der Waals surface area contributed by atoms with E-state index in [2.05, 4.69) is 22.5 Å². The van der Waals surface area contributed by atoms with Gasteiger partial charge < -0.3 is 15.7 Å². The maximum atomic E-state index is 12.2. The van der Waals surface area contributed by atoms with Crippen LogP contribution in [0.1, 0.15) is 47.8 Å². The van der Waals surface area contributed by atoms with Crippen molar-refractivity contribution in [2.75, 3.05) is 6.61 Å². The molecule has 0 aliphatic heterocycles. The smallest absolute Gasteiger partial charge is 0.315 e. The van der Waals surface area contributed by atoms with E-state index >= 15 is 0 Å². The number of nitrogens with zero attached hydrogens (tertiary/aromatic N) is 1. The lowest BCUT2D eigenvalue weighted by molar-refractivity contribution is 0.226. The van der Waals surface area contributed by atoms with Gasteiger partial charge in [0.15, 0.2) is 0 Å². The van der Waals surface area contributed by atoms with Crippen LogP contribution in [0.5, 0.6) is 0 Å². The number of benzene rings is 1. The molecule has 6 heteroatoms. The van der Waals surface area contributed by atoms with Gasteiger partial charge in [0.25, 0.3) is 0 Å². The summed E-state index contributed by atoms with van der Waals surface area (Å²) in [7, 11) is 0. The molecule has 2 aromatic rings. The van der Waals surface area contributed by atoms with Gasteiger partial charge in [-0.1, -0.05) is 37.3 Å². The Morgan fingerprint density at radius 3 is 2.65 bits per heavy atom. The zero-order valence-corrected chi connectivity index (χ0v) is 14.3. The van der Waals surface area contributed by atoms with Crippen LogP contribution in [0.2, 0.25) is 0 Å². The van der Waals surface area contributed by atoms with Crippen molar-refractivity contribution in [3.05, 3.63) is 52.0 Å². The standard InChI is InChI=1S/C17H23N3O2S/c1-3-14-11-18-16(23-14)12(2)19-17(22)20-15(9-10-21)13-7-5-4-6-8-13/h4-8,11-12,15,21H,3,9-10H2,1-2H3,(H2,19,20,22)/t12?,15-/m1/s1. The third kappa shape index (κ3) is 5.04. The van der Waals surface area contributed by atoms with Crippen molar-refractivity contribution >= 4 is 17.4 Å². The number of thiazole rings is 1. The van der Waals surface area contributed by atoms with Gasteiger partial charge in [-0.25, -0.2) is 9.78 Å². The quantitative estimate of drug-likeness (QED) is 0.728. The Hall–Kier alpha value is -1.92. The molecule has 0 spiro atoms. The predicted octanol–water partition coefficient (Wildman–Crippen LogP) is 3.19. The summed E-state index contributed by atoms with van der Waals surface area (Å²) in [4.78, 5) is 17.8. The highest BCUT2D eigenvalue weighted by atomic mass is 32.1. The highest BCUT2D eigenvalue weighted by Gasteiger charge is 2.17. The number of urea groups is 1. The molecule has 1 unspecified atom stereocenters. The van der Waals surface area contributed by atoms with Gasteiger partial charge >= 0.3 is 6.03 Å². The second kappa shape index (κ2) is 8.64. The lowest BCUT2D eigenvalue weighted by atomic mass is 10.0. The Balaban J connectivity index is 1.96. The van der Waals surface area contributed by atoms with Crippen LogP contribution in [0.15, 0.2) is 36.5 Å². The number of amides is 2. The lowest BCUT2D eigenvalue weighted by Crippen LogP contribution is -2.39. The van der Waals surface area contributed by atoms with Crippen molar-refractivity contribution < 1.29 is 9.90 Å². The number of hydrogen-bond donors (Lipinski definition) is 3. The average Bonchev–Trinajstić information content (AvgIpc) is 3.04. The average molecular weight is 333 g/mol. The van der Waals surface area contributed by atoms with Crippen LogP contribution in [0.4, 0.5) is 4.79 Å². The molecule has 0 fully saturated rings. The monoisotopic (exact) mass is 333 g/mol. The van der Waals surface area contributed by atoms with Gasteiger partial charge in [-0.2, -0.15) is 0 Å². The molecule has 1 heterocycles. The van der Waals surface area contributed by atoms with E-state index in [1.807, 2.05) is 43.5 Å². The number of hydrogen-bond acceptors (Lipinski definition) is 4. The Morgan fingerprint density at radius 1 is 1.30 bits per heavy atom. The minimum Gasteiger partial charge on any atom is -0.396 e. The topological polar surface area (TPSA) is 74.2 Å². The van der Waals surface area contributed by atoms with E-state index in [4.69, 9.17) is 0 Å². The fourth-order valence-electron chi connectivity index (χ4n) is 2.28. The first-order valence-corrected chi connectivity index (χ1v) is 8.63. The minimum absolute atomic E-state index is 0.0156. The van der Waals surface area contributed by atoms with E-state index in [9.17, 15) is 9.90 Å². The molecule has 1 aromatic carbocycles. The fourth-order valence-corrected chi connectivity index (χ4v) is 3.14. The van der Waals surface area contributed by atoms with E-state index < -0.39 is 0 Å². The Labute approximate surface area is 140 Å². The third-order valence-corrected chi connectivity index (χ3v) is 4.89. The van der Waals surface area contributed by atoms with E-state index in [-0.39, 0.29) is 24.7 Å². The third-order valence-electron chi connectivity index (χ3n) is 3.56. The summed E-state index contributed by atoms with van der Waals surface area (Å²) in [5, 5.41) is 16.0. The number of rotatable bonds is 7. The maximum Gasteiger partial charge on any atom is 0.315 e. The summed E-state index contributed by atoms with van der Waals surface area (Å²) in [5.41, 5.74) is 0.979. The summed E-state index contributed by atoms with van der Waals surface area (Å²) in [6.07, 6.45) is 3.28. The molecular weight excluding hydrogens is 310 g/mol. The molecule has 0 saturated heterocycles. The van der Waals surface area contributed by atoms with Gasteiger partial charge in [0.05, 0.1) is 12.1 Å². The van der Waals surface area contributed by atoms with Gasteiger partial charge in [0.1, 0.15) is 5.01 Å². The van der Waals surface area contributed by atoms with Crippen molar-refractivity contribution in [1.29, 1.82) is 0 Å². The number of carbonyl (C=O) groups is 1. The fraction of sp³-hybridized carbons (Fsp3) is 0.412. The number of aryl methyl sites for hydroxylation is 1. The molecule has 5 nitrogen and oxygen atoms in total. The highest BCUT2D eigenvalue weighted by molar-refractivity contribution is 7.11. The van der Waals surface area contributed by atoms with E-state index in [1.165, 1.54) is 4.88 Å². The van der Waals surface area contributed by atoms with Crippen molar-refractivity contribution in [3.8, 4) is 0 Å². The number of aliphatic hydroxyl groups excluding tert-OH is 1. The summed E-state index contributed by atoms with van der Waals surface area (Å²) >= 11 is 1.61. The lowest BCUT2D eigenvalue weighted by Gasteiger charge is -2.20. The van der Waals surface area contributed by atoms with Crippen LogP contribution in [0.25, 0.3) is 0 Å². The molecule has 124 valence electrons. The molecule has 2 amide bonds. The van der Waals surface area contributed by atoms with Gasteiger partial charge in [-0.3, -0.25) is 0 Å². The van der Waals surface area contributed by atoms with Gasteiger partial charge in [-0.05, 0) is 25.3 Å². The summed E-state index contributed by atoms with van der Waals surface area (Å²) in [6.45, 7) is 4.02. The molecule has 0 radical (unpaired) electrons. The van der Waals surface area contributed by atoms with Gasteiger partial charge in [0, 0.05) is 17.7 Å². The van der Waals surface area contributed by atoms with Crippen LogP contribution >= 0.6 is 11.3 Å². The number of carbonyl (C=O) groups excluding carboxylic acids is 1. The molecule has 2 rings (SSSR count). The van der Waals surface area contributed by atoms with Crippen molar-refractivity contribution in [3.63, 3.8) is 0 Å². The highest BCUT2D eigenvalue weighted by Crippen LogP contribution is 2.21. The molecule has 3 N–H and O–H groups in total. The zero-order chi connectivity index (χ0) is 16.7. The van der Waals surface area contributed by atoms with Crippen LogP contribution < -0.4 is 10.6 Å². The van der Waals surface area contributed by atoms with E-state index in [0.29, 0.717) is 6.42 Å². The molecular formula is C17H23N3O2S. The first-order chi connectivity index (χ1) is 11.1. The largest absolute Gasteiger partial charge is 0.396 e. The Kier molecular flexibility index (Phi) is 6.55. The molecule has 23 heavy (non-hydrogen) atoms. The second-order valence-corrected chi connectivity index (χ2v) is 6.48. The first kappa shape index (κ1) is 17.4.